The summed E-state index contributed by atoms with van der Waals surface area (Å²) in [5.41, 5.74) is 4.92. The standard InChI is InChI=1S/C15H21NO/c1-4-8-16-9-7-13-10-17-15-12(3)11(2)5-6-14(13)15/h5-6,10,16H,4,7-9H2,1-3H3. The van der Waals surface area contributed by atoms with Crippen LogP contribution in [0.2, 0.25) is 0 Å². The van der Waals surface area contributed by atoms with Crippen molar-refractivity contribution in [2.45, 2.75) is 33.6 Å². The molecule has 0 spiro atoms. The number of fused-ring (bicyclic) bond motifs is 1. The Balaban J connectivity index is 2.16. The van der Waals surface area contributed by atoms with Gasteiger partial charge in [0.2, 0.25) is 0 Å². The van der Waals surface area contributed by atoms with E-state index < -0.39 is 0 Å². The minimum Gasteiger partial charge on any atom is -0.464 e. The van der Waals surface area contributed by atoms with Crippen LogP contribution in [0.5, 0.6) is 0 Å². The second kappa shape index (κ2) is 5.37. The summed E-state index contributed by atoms with van der Waals surface area (Å²) in [5.74, 6) is 0. The number of hydrogen-bond acceptors (Lipinski definition) is 2. The Morgan fingerprint density at radius 1 is 1.18 bits per heavy atom. The van der Waals surface area contributed by atoms with Gasteiger partial charge in [-0.3, -0.25) is 0 Å². The highest BCUT2D eigenvalue weighted by Crippen LogP contribution is 2.26. The lowest BCUT2D eigenvalue weighted by Crippen LogP contribution is -2.17. The summed E-state index contributed by atoms with van der Waals surface area (Å²) in [6, 6.07) is 4.35. The monoisotopic (exact) mass is 231 g/mol. The van der Waals surface area contributed by atoms with Crippen LogP contribution in [0.25, 0.3) is 11.0 Å². The number of hydrogen-bond donors (Lipinski definition) is 1. The molecule has 0 bridgehead atoms. The lowest BCUT2D eigenvalue weighted by Gasteiger charge is -2.03. The molecule has 2 heteroatoms. The SMILES string of the molecule is CCCNCCc1coc2c(C)c(C)ccc12. The van der Waals surface area contributed by atoms with E-state index in [1.54, 1.807) is 0 Å². The van der Waals surface area contributed by atoms with E-state index in [-0.39, 0.29) is 0 Å². The van der Waals surface area contributed by atoms with Gasteiger partial charge >= 0.3 is 0 Å². The van der Waals surface area contributed by atoms with Crippen LogP contribution in [0.15, 0.2) is 22.8 Å². The van der Waals surface area contributed by atoms with Gasteiger partial charge in [-0.2, -0.15) is 0 Å². The van der Waals surface area contributed by atoms with Gasteiger partial charge in [-0.1, -0.05) is 19.1 Å². The summed E-state index contributed by atoms with van der Waals surface area (Å²) >= 11 is 0. The van der Waals surface area contributed by atoms with Crippen LogP contribution in [0, 0.1) is 13.8 Å². The molecule has 0 radical (unpaired) electrons. The molecule has 2 nitrogen and oxygen atoms in total. The summed E-state index contributed by atoms with van der Waals surface area (Å²) in [4.78, 5) is 0. The molecule has 1 aromatic carbocycles. The first kappa shape index (κ1) is 12.2. The van der Waals surface area contributed by atoms with Crippen molar-refractivity contribution in [1.82, 2.24) is 5.32 Å². The molecule has 0 unspecified atom stereocenters. The first-order chi connectivity index (χ1) is 8.24. The molecule has 2 aromatic rings. The van der Waals surface area contributed by atoms with Gasteiger partial charge < -0.3 is 9.73 Å². The van der Waals surface area contributed by atoms with Gasteiger partial charge in [-0.25, -0.2) is 0 Å². The normalized spacial score (nSPS) is 11.2. The van der Waals surface area contributed by atoms with Gasteiger partial charge in [0.15, 0.2) is 0 Å². The van der Waals surface area contributed by atoms with Crippen molar-refractivity contribution in [3.63, 3.8) is 0 Å². The Labute approximate surface area is 103 Å². The molecule has 1 aromatic heterocycles. The third-order valence-electron chi connectivity index (χ3n) is 3.34. The number of aryl methyl sites for hydroxylation is 2. The maximum Gasteiger partial charge on any atom is 0.137 e. The molecular formula is C15H21NO. The van der Waals surface area contributed by atoms with E-state index in [1.807, 2.05) is 6.26 Å². The molecule has 1 N–H and O–H groups in total. The zero-order valence-electron chi connectivity index (χ0n) is 11.0. The number of furan rings is 1. The smallest absolute Gasteiger partial charge is 0.137 e. The van der Waals surface area contributed by atoms with Crippen LogP contribution in [-0.4, -0.2) is 13.1 Å². The van der Waals surface area contributed by atoms with Crippen LogP contribution in [0.4, 0.5) is 0 Å². The van der Waals surface area contributed by atoms with Crippen molar-refractivity contribution in [3.8, 4) is 0 Å². The van der Waals surface area contributed by atoms with Gasteiger partial charge in [-0.15, -0.1) is 0 Å². The first-order valence-corrected chi connectivity index (χ1v) is 6.41. The van der Waals surface area contributed by atoms with Gasteiger partial charge in [-0.05, 0) is 56.5 Å². The minimum absolute atomic E-state index is 1.02. The third-order valence-corrected chi connectivity index (χ3v) is 3.34. The summed E-state index contributed by atoms with van der Waals surface area (Å²) in [7, 11) is 0. The Hall–Kier alpha value is -1.28. The molecule has 0 aliphatic carbocycles. The quantitative estimate of drug-likeness (QED) is 0.795. The maximum atomic E-state index is 5.69. The Morgan fingerprint density at radius 3 is 2.76 bits per heavy atom. The van der Waals surface area contributed by atoms with Crippen LogP contribution >= 0.6 is 0 Å². The first-order valence-electron chi connectivity index (χ1n) is 6.41. The van der Waals surface area contributed by atoms with Crippen LogP contribution in [0.1, 0.15) is 30.0 Å². The largest absolute Gasteiger partial charge is 0.464 e. The molecule has 0 saturated heterocycles. The molecule has 0 aliphatic rings. The van der Waals surface area contributed by atoms with E-state index in [1.165, 1.54) is 28.5 Å². The molecular weight excluding hydrogens is 210 g/mol. The summed E-state index contributed by atoms with van der Waals surface area (Å²) in [5, 5.41) is 4.69. The van der Waals surface area contributed by atoms with E-state index >= 15 is 0 Å². The number of nitrogens with one attached hydrogen (secondary N) is 1. The topological polar surface area (TPSA) is 25.2 Å². The lowest BCUT2D eigenvalue weighted by atomic mass is 10.0. The van der Waals surface area contributed by atoms with Crippen molar-refractivity contribution in [2.24, 2.45) is 0 Å². The van der Waals surface area contributed by atoms with Crippen molar-refractivity contribution in [1.29, 1.82) is 0 Å². The van der Waals surface area contributed by atoms with E-state index in [0.29, 0.717) is 0 Å². The predicted octanol–water partition coefficient (Wildman–Crippen LogP) is 3.59. The second-order valence-electron chi connectivity index (χ2n) is 4.65. The Kier molecular flexibility index (Phi) is 3.85. The number of benzene rings is 1. The fraction of sp³-hybridized carbons (Fsp3) is 0.467. The van der Waals surface area contributed by atoms with Crippen molar-refractivity contribution in [3.05, 3.63) is 35.1 Å². The van der Waals surface area contributed by atoms with Crippen molar-refractivity contribution in [2.75, 3.05) is 13.1 Å². The fourth-order valence-corrected chi connectivity index (χ4v) is 2.11. The Morgan fingerprint density at radius 2 is 2.00 bits per heavy atom. The van der Waals surface area contributed by atoms with Gasteiger partial charge in [0, 0.05) is 5.39 Å². The fourth-order valence-electron chi connectivity index (χ4n) is 2.11. The molecule has 0 fully saturated rings. The molecule has 0 saturated carbocycles. The van der Waals surface area contributed by atoms with E-state index in [9.17, 15) is 0 Å². The molecule has 0 atom stereocenters. The maximum absolute atomic E-state index is 5.69. The van der Waals surface area contributed by atoms with E-state index in [2.05, 4.69) is 38.2 Å². The molecule has 92 valence electrons. The highest BCUT2D eigenvalue weighted by molar-refractivity contribution is 5.84. The summed E-state index contributed by atoms with van der Waals surface area (Å²) in [6.07, 6.45) is 4.13. The molecule has 1 heterocycles. The molecule has 17 heavy (non-hydrogen) atoms. The molecule has 0 amide bonds. The van der Waals surface area contributed by atoms with Gasteiger partial charge in [0.1, 0.15) is 5.58 Å². The average molecular weight is 231 g/mol. The predicted molar refractivity (Wildman–Crippen MR) is 72.6 cm³/mol. The highest BCUT2D eigenvalue weighted by atomic mass is 16.3. The number of rotatable bonds is 5. The van der Waals surface area contributed by atoms with Crippen LogP contribution in [-0.2, 0) is 6.42 Å². The van der Waals surface area contributed by atoms with Crippen molar-refractivity contribution < 1.29 is 4.42 Å². The molecule has 0 aliphatic heterocycles. The summed E-state index contributed by atoms with van der Waals surface area (Å²) < 4.78 is 5.69. The minimum atomic E-state index is 1.02. The second-order valence-corrected chi connectivity index (χ2v) is 4.65. The van der Waals surface area contributed by atoms with E-state index in [0.717, 1.165) is 25.1 Å². The molecule has 2 rings (SSSR count). The van der Waals surface area contributed by atoms with E-state index in [4.69, 9.17) is 4.42 Å². The lowest BCUT2D eigenvalue weighted by molar-refractivity contribution is 0.603. The summed E-state index contributed by atoms with van der Waals surface area (Å²) in [6.45, 7) is 8.55. The zero-order valence-corrected chi connectivity index (χ0v) is 11.0. The van der Waals surface area contributed by atoms with Gasteiger partial charge in [0.25, 0.3) is 0 Å². The zero-order chi connectivity index (χ0) is 12.3. The van der Waals surface area contributed by atoms with Crippen LogP contribution < -0.4 is 5.32 Å². The van der Waals surface area contributed by atoms with Crippen molar-refractivity contribution >= 4 is 11.0 Å². The Bertz CT molecular complexity index is 499. The third kappa shape index (κ3) is 2.52. The van der Waals surface area contributed by atoms with Crippen LogP contribution in [0.3, 0.4) is 0 Å². The highest BCUT2D eigenvalue weighted by Gasteiger charge is 2.08. The average Bonchev–Trinajstić information content (AvgIpc) is 2.73. The van der Waals surface area contributed by atoms with Gasteiger partial charge in [0.05, 0.1) is 6.26 Å².